The fraction of sp³-hybridized carbons (Fsp3) is 0.353. The highest BCUT2D eigenvalue weighted by Gasteiger charge is 2.25. The predicted molar refractivity (Wildman–Crippen MR) is 85.7 cm³/mol. The number of aliphatic carboxylic acids is 1. The zero-order valence-electron chi connectivity index (χ0n) is 13.9. The molecule has 0 aliphatic rings. The van der Waals surface area contributed by atoms with E-state index in [1.165, 1.54) is 23.1 Å². The van der Waals surface area contributed by atoms with Crippen LogP contribution in [0, 0.1) is 5.82 Å². The Morgan fingerprint density at radius 3 is 2.76 bits per heavy atom. The molecule has 8 heteroatoms. The van der Waals surface area contributed by atoms with E-state index in [4.69, 9.17) is 14.4 Å². The molecule has 0 aliphatic heterocycles. The van der Waals surface area contributed by atoms with Crippen molar-refractivity contribution in [1.29, 1.82) is 0 Å². The molecule has 0 bridgehead atoms. The van der Waals surface area contributed by atoms with Gasteiger partial charge >= 0.3 is 5.97 Å². The van der Waals surface area contributed by atoms with E-state index in [9.17, 15) is 14.0 Å². The molecule has 1 aromatic carbocycles. The Kier molecular flexibility index (Phi) is 6.10. The van der Waals surface area contributed by atoms with Gasteiger partial charge in [0, 0.05) is 12.1 Å². The fourth-order valence-electron chi connectivity index (χ4n) is 2.13. The maximum atomic E-state index is 13.5. The van der Waals surface area contributed by atoms with Crippen molar-refractivity contribution in [3.8, 4) is 5.75 Å². The van der Waals surface area contributed by atoms with Crippen molar-refractivity contribution in [3.63, 3.8) is 0 Å². The highest BCUT2D eigenvalue weighted by molar-refractivity contribution is 5.94. The van der Waals surface area contributed by atoms with E-state index in [0.29, 0.717) is 6.42 Å². The number of carbonyl (C=O) groups is 2. The quantitative estimate of drug-likeness (QED) is 0.787. The molecule has 25 heavy (non-hydrogen) atoms. The molecule has 2 rings (SSSR count). The second-order valence-electron chi connectivity index (χ2n) is 5.48. The van der Waals surface area contributed by atoms with Crippen LogP contribution in [0.5, 0.6) is 5.75 Å². The number of ether oxygens (including phenoxy) is 1. The summed E-state index contributed by atoms with van der Waals surface area (Å²) < 4.78 is 23.8. The first-order chi connectivity index (χ1) is 11.9. The van der Waals surface area contributed by atoms with Gasteiger partial charge in [-0.1, -0.05) is 24.2 Å². The molecule has 0 aliphatic carbocycles. The molecule has 1 amide bonds. The maximum Gasteiger partial charge on any atom is 0.323 e. The van der Waals surface area contributed by atoms with Crippen molar-refractivity contribution in [2.75, 3.05) is 6.54 Å². The zero-order chi connectivity index (χ0) is 18.4. The molecule has 1 aromatic heterocycles. The maximum absolute atomic E-state index is 13.5. The van der Waals surface area contributed by atoms with Gasteiger partial charge in [-0.05, 0) is 25.5 Å². The van der Waals surface area contributed by atoms with Crippen LogP contribution < -0.4 is 4.74 Å². The average molecular weight is 350 g/mol. The third-order valence-electron chi connectivity index (χ3n) is 3.67. The van der Waals surface area contributed by atoms with Crippen LogP contribution in [0.4, 0.5) is 4.39 Å². The minimum absolute atomic E-state index is 0.0197. The first kappa shape index (κ1) is 18.4. The van der Waals surface area contributed by atoms with Crippen molar-refractivity contribution in [2.24, 2.45) is 0 Å². The number of nitrogens with zero attached hydrogens (tertiary/aromatic N) is 2. The van der Waals surface area contributed by atoms with Crippen molar-refractivity contribution < 1.29 is 28.3 Å². The number of hydrogen-bond acceptors (Lipinski definition) is 5. The summed E-state index contributed by atoms with van der Waals surface area (Å²) >= 11 is 0. The molecular weight excluding hydrogens is 331 g/mol. The van der Waals surface area contributed by atoms with Gasteiger partial charge in [0.2, 0.25) is 0 Å². The van der Waals surface area contributed by atoms with Crippen LogP contribution >= 0.6 is 0 Å². The van der Waals surface area contributed by atoms with E-state index in [-0.39, 0.29) is 29.9 Å². The number of para-hydroxylation sites is 1. The van der Waals surface area contributed by atoms with E-state index in [0.717, 1.165) is 0 Å². The summed E-state index contributed by atoms with van der Waals surface area (Å²) in [4.78, 5) is 24.6. The third kappa shape index (κ3) is 4.79. The lowest BCUT2D eigenvalue weighted by atomic mass is 10.2. The van der Waals surface area contributed by atoms with Crippen LogP contribution in [0.2, 0.25) is 0 Å². The summed E-state index contributed by atoms with van der Waals surface area (Å²) in [6, 6.07) is 7.00. The minimum atomic E-state index is -1.11. The Morgan fingerprint density at radius 2 is 2.12 bits per heavy atom. The molecule has 0 fully saturated rings. The average Bonchev–Trinajstić information content (AvgIpc) is 3.06. The van der Waals surface area contributed by atoms with Gasteiger partial charge in [0.15, 0.2) is 23.0 Å². The van der Waals surface area contributed by atoms with Crippen LogP contribution in [-0.2, 0) is 11.4 Å². The van der Waals surface area contributed by atoms with Gasteiger partial charge in [0.1, 0.15) is 13.2 Å². The summed E-state index contributed by atoms with van der Waals surface area (Å²) in [5, 5.41) is 12.6. The molecule has 0 spiro atoms. The number of rotatable bonds is 8. The highest BCUT2D eigenvalue weighted by atomic mass is 19.1. The number of benzene rings is 1. The van der Waals surface area contributed by atoms with Gasteiger partial charge in [0.25, 0.3) is 5.91 Å². The van der Waals surface area contributed by atoms with Crippen molar-refractivity contribution in [1.82, 2.24) is 10.1 Å². The lowest BCUT2D eigenvalue weighted by Crippen LogP contribution is -2.42. The Balaban J connectivity index is 2.07. The minimum Gasteiger partial charge on any atom is -0.482 e. The van der Waals surface area contributed by atoms with Gasteiger partial charge in [-0.2, -0.15) is 0 Å². The highest BCUT2D eigenvalue weighted by Crippen LogP contribution is 2.18. The predicted octanol–water partition coefficient (Wildman–Crippen LogP) is 2.72. The summed E-state index contributed by atoms with van der Waals surface area (Å²) in [5.74, 6) is -1.88. The zero-order valence-corrected chi connectivity index (χ0v) is 13.9. The molecule has 0 radical (unpaired) electrons. The number of aromatic nitrogens is 1. The van der Waals surface area contributed by atoms with Crippen LogP contribution in [0.1, 0.15) is 36.5 Å². The second kappa shape index (κ2) is 8.27. The molecular formula is C17H19FN2O5. The first-order valence-corrected chi connectivity index (χ1v) is 7.78. The molecule has 2 aromatic rings. The summed E-state index contributed by atoms with van der Waals surface area (Å²) in [5.41, 5.74) is -0.0197. The lowest BCUT2D eigenvalue weighted by Gasteiger charge is -2.25. The monoisotopic (exact) mass is 350 g/mol. The number of carboxylic acid groups (broad SMARTS) is 1. The van der Waals surface area contributed by atoms with Crippen molar-refractivity contribution in [3.05, 3.63) is 47.6 Å². The van der Waals surface area contributed by atoms with E-state index >= 15 is 0 Å². The van der Waals surface area contributed by atoms with Gasteiger partial charge in [-0.3, -0.25) is 9.59 Å². The summed E-state index contributed by atoms with van der Waals surface area (Å²) in [7, 11) is 0. The smallest absolute Gasteiger partial charge is 0.323 e. The van der Waals surface area contributed by atoms with Crippen molar-refractivity contribution in [2.45, 2.75) is 32.9 Å². The van der Waals surface area contributed by atoms with Gasteiger partial charge in [0.05, 0.1) is 0 Å². The molecule has 134 valence electrons. The van der Waals surface area contributed by atoms with E-state index in [1.54, 1.807) is 19.1 Å². The van der Waals surface area contributed by atoms with Crippen LogP contribution in [0.3, 0.4) is 0 Å². The Hall–Kier alpha value is -2.90. The number of amides is 1. The Bertz CT molecular complexity index is 746. The standard InChI is InChI=1S/C17H19FN2O5/c1-3-11(2)20(9-16(21)22)17(23)14-8-12(25-19-14)10-24-15-7-5-4-6-13(15)18/h4-8,11H,3,9-10H2,1-2H3,(H,21,22). The largest absolute Gasteiger partial charge is 0.482 e. The van der Waals surface area contributed by atoms with Gasteiger partial charge < -0.3 is 19.3 Å². The van der Waals surface area contributed by atoms with E-state index in [1.807, 2.05) is 6.92 Å². The molecule has 1 N–H and O–H groups in total. The fourth-order valence-corrected chi connectivity index (χ4v) is 2.13. The van der Waals surface area contributed by atoms with Gasteiger partial charge in [-0.15, -0.1) is 0 Å². The molecule has 1 atom stereocenters. The Morgan fingerprint density at radius 1 is 1.40 bits per heavy atom. The third-order valence-corrected chi connectivity index (χ3v) is 3.67. The van der Waals surface area contributed by atoms with Crippen molar-refractivity contribution >= 4 is 11.9 Å². The van der Waals surface area contributed by atoms with Crippen LogP contribution in [0.15, 0.2) is 34.9 Å². The summed E-state index contributed by atoms with van der Waals surface area (Å²) in [6.45, 7) is 3.07. The molecule has 0 saturated carbocycles. The van der Waals surface area contributed by atoms with E-state index < -0.39 is 24.2 Å². The molecule has 1 heterocycles. The molecule has 0 saturated heterocycles. The van der Waals surface area contributed by atoms with E-state index in [2.05, 4.69) is 5.16 Å². The Labute approximate surface area is 144 Å². The number of carboxylic acids is 1. The molecule has 1 unspecified atom stereocenters. The lowest BCUT2D eigenvalue weighted by molar-refractivity contribution is -0.138. The number of hydrogen-bond donors (Lipinski definition) is 1. The van der Waals surface area contributed by atoms with Crippen LogP contribution in [-0.4, -0.2) is 39.6 Å². The topological polar surface area (TPSA) is 92.9 Å². The summed E-state index contributed by atoms with van der Waals surface area (Å²) in [6.07, 6.45) is 0.597. The SMILES string of the molecule is CCC(C)N(CC(=O)O)C(=O)c1cc(COc2ccccc2F)on1. The first-order valence-electron chi connectivity index (χ1n) is 7.78. The second-order valence-corrected chi connectivity index (χ2v) is 5.48. The molecule has 7 nitrogen and oxygen atoms in total. The number of halogens is 1. The van der Waals surface area contributed by atoms with Crippen LogP contribution in [0.25, 0.3) is 0 Å². The van der Waals surface area contributed by atoms with Gasteiger partial charge in [-0.25, -0.2) is 4.39 Å². The number of carbonyl (C=O) groups excluding carboxylic acids is 1. The normalized spacial score (nSPS) is 11.8.